The molecule has 1 fully saturated rings. The van der Waals surface area contributed by atoms with Crippen molar-refractivity contribution in [2.75, 3.05) is 36.6 Å². The van der Waals surface area contributed by atoms with Gasteiger partial charge < -0.3 is 20.1 Å². The van der Waals surface area contributed by atoms with E-state index < -0.39 is 41.9 Å². The Morgan fingerprint density at radius 1 is 1.24 bits per heavy atom. The number of aliphatic hydroxyl groups is 1. The Bertz CT molecular complexity index is 1400. The summed E-state index contributed by atoms with van der Waals surface area (Å²) in [5.41, 5.74) is -0.636. The topological polar surface area (TPSA) is 74.7 Å². The monoisotopic (exact) mass is 533 g/mol. The summed E-state index contributed by atoms with van der Waals surface area (Å²) in [6, 6.07) is 9.00. The van der Waals surface area contributed by atoms with Gasteiger partial charge in [-0.25, -0.2) is 8.78 Å². The number of fused-ring (bicyclic) bond motifs is 3. The number of nitrogens with one attached hydrogen (secondary N) is 1. The van der Waals surface area contributed by atoms with E-state index in [2.05, 4.69) is 10.3 Å². The Labute approximate surface area is 215 Å². The van der Waals surface area contributed by atoms with Gasteiger partial charge in [-0.1, -0.05) is 6.07 Å². The van der Waals surface area contributed by atoms with E-state index in [0.717, 1.165) is 11.8 Å². The number of rotatable bonds is 4. The number of nitrogens with zero attached hydrogens (tertiary/aromatic N) is 2. The fraction of sp³-hybridized carbons (Fsp3) is 0.333. The number of aryl methyl sites for hydroxylation is 1. The summed E-state index contributed by atoms with van der Waals surface area (Å²) < 4.78 is 75.3. The second-order valence-corrected chi connectivity index (χ2v) is 9.52. The highest BCUT2D eigenvalue weighted by Crippen LogP contribution is 2.43. The lowest BCUT2D eigenvalue weighted by molar-refractivity contribution is -0.141. The van der Waals surface area contributed by atoms with Crippen LogP contribution in [0.25, 0.3) is 11.1 Å². The molecule has 2 aliphatic heterocycles. The van der Waals surface area contributed by atoms with E-state index in [1.54, 1.807) is 36.1 Å². The molecule has 6 nitrogen and oxygen atoms in total. The third kappa shape index (κ3) is 4.71. The zero-order valence-electron chi connectivity index (χ0n) is 20.3. The normalized spacial score (nSPS) is 21.0. The van der Waals surface area contributed by atoms with E-state index in [-0.39, 0.29) is 24.2 Å². The smallest absolute Gasteiger partial charge is 0.393 e. The number of halogens is 5. The molecule has 2 N–H and O–H groups in total. The van der Waals surface area contributed by atoms with Gasteiger partial charge in [-0.05, 0) is 60.0 Å². The number of aromatic nitrogens is 1. The van der Waals surface area contributed by atoms with Gasteiger partial charge >= 0.3 is 6.18 Å². The lowest BCUT2D eigenvalue weighted by atomic mass is 9.81. The first-order valence-electron chi connectivity index (χ1n) is 11.9. The number of morpholine rings is 1. The summed E-state index contributed by atoms with van der Waals surface area (Å²) in [5, 5.41) is 12.3. The van der Waals surface area contributed by atoms with Gasteiger partial charge in [-0.15, -0.1) is 0 Å². The molecule has 2 aliphatic rings. The number of aliphatic hydroxyl groups excluding tert-OH is 1. The predicted octanol–water partition coefficient (Wildman–Crippen LogP) is 4.93. The second kappa shape index (κ2) is 9.63. The van der Waals surface area contributed by atoms with Crippen molar-refractivity contribution < 1.29 is 36.6 Å². The van der Waals surface area contributed by atoms with Gasteiger partial charge in [0.05, 0.1) is 25.9 Å². The number of carbonyl (C=O) groups excluding carboxylic acids is 1. The van der Waals surface area contributed by atoms with Crippen LogP contribution in [0.4, 0.5) is 33.3 Å². The fourth-order valence-electron chi connectivity index (χ4n) is 5.04. The predicted molar refractivity (Wildman–Crippen MR) is 130 cm³/mol. The molecular weight excluding hydrogens is 509 g/mol. The van der Waals surface area contributed by atoms with Crippen LogP contribution < -0.4 is 10.2 Å². The van der Waals surface area contributed by atoms with Crippen molar-refractivity contribution in [2.24, 2.45) is 0 Å². The number of carbonyl (C=O) groups is 1. The number of ether oxygens (including phenoxy) is 1. The first-order chi connectivity index (χ1) is 18.0. The van der Waals surface area contributed by atoms with Crippen LogP contribution in [-0.2, 0) is 17.3 Å². The van der Waals surface area contributed by atoms with Crippen LogP contribution in [0.15, 0.2) is 48.7 Å². The largest absolute Gasteiger partial charge is 0.433 e. The minimum Gasteiger partial charge on any atom is -0.393 e. The van der Waals surface area contributed by atoms with Gasteiger partial charge in [0.2, 0.25) is 0 Å². The number of anilines is 2. The van der Waals surface area contributed by atoms with Gasteiger partial charge in [0.1, 0.15) is 11.5 Å². The first-order valence-corrected chi connectivity index (χ1v) is 11.9. The molecule has 38 heavy (non-hydrogen) atoms. The molecule has 1 amide bonds. The van der Waals surface area contributed by atoms with E-state index in [4.69, 9.17) is 4.74 Å². The van der Waals surface area contributed by atoms with Crippen molar-refractivity contribution in [1.82, 2.24) is 4.98 Å². The van der Waals surface area contributed by atoms with Crippen LogP contribution >= 0.6 is 0 Å². The lowest BCUT2D eigenvalue weighted by Crippen LogP contribution is -2.62. The van der Waals surface area contributed by atoms with Crippen molar-refractivity contribution >= 4 is 17.3 Å². The number of alkyl halides is 4. The van der Waals surface area contributed by atoms with Crippen LogP contribution in [0.3, 0.4) is 0 Å². The third-order valence-corrected chi connectivity index (χ3v) is 7.06. The zero-order chi connectivity index (χ0) is 27.2. The van der Waals surface area contributed by atoms with Crippen molar-refractivity contribution in [3.05, 3.63) is 76.9 Å². The highest BCUT2D eigenvalue weighted by atomic mass is 19.4. The molecule has 0 aliphatic carbocycles. The molecule has 1 aromatic heterocycles. The van der Waals surface area contributed by atoms with Crippen molar-refractivity contribution in [1.29, 1.82) is 0 Å². The number of benzene rings is 2. The Hall–Kier alpha value is -3.57. The van der Waals surface area contributed by atoms with Gasteiger partial charge in [0.25, 0.3) is 5.91 Å². The minimum atomic E-state index is -4.69. The highest BCUT2D eigenvalue weighted by molar-refractivity contribution is 6.04. The third-order valence-electron chi connectivity index (χ3n) is 7.06. The average Bonchev–Trinajstić information content (AvgIpc) is 2.90. The molecule has 5 rings (SSSR count). The molecule has 11 heteroatoms. The van der Waals surface area contributed by atoms with E-state index in [0.29, 0.717) is 41.7 Å². The van der Waals surface area contributed by atoms with E-state index >= 15 is 8.78 Å². The summed E-state index contributed by atoms with van der Waals surface area (Å²) in [7, 11) is 0. The molecule has 1 saturated heterocycles. The number of amides is 1. The molecule has 0 spiro atoms. The summed E-state index contributed by atoms with van der Waals surface area (Å²) in [6.45, 7) is 1.75. The zero-order valence-corrected chi connectivity index (χ0v) is 20.3. The molecule has 2 aromatic carbocycles. The molecular formula is C27H24F5N3O3. The van der Waals surface area contributed by atoms with Gasteiger partial charge in [0.15, 0.2) is 5.67 Å². The van der Waals surface area contributed by atoms with E-state index in [1.165, 1.54) is 12.1 Å². The minimum absolute atomic E-state index is 0.0634. The quantitative estimate of drug-likeness (QED) is 0.466. The Kier molecular flexibility index (Phi) is 6.60. The Balaban J connectivity index is 1.48. The summed E-state index contributed by atoms with van der Waals surface area (Å²) in [4.78, 5) is 17.7. The van der Waals surface area contributed by atoms with Crippen LogP contribution in [-0.4, -0.2) is 54.1 Å². The number of hydrogen-bond acceptors (Lipinski definition) is 5. The molecule has 0 radical (unpaired) electrons. The highest BCUT2D eigenvalue weighted by Gasteiger charge is 2.49. The second-order valence-electron chi connectivity index (χ2n) is 9.52. The van der Waals surface area contributed by atoms with Crippen LogP contribution in [0.5, 0.6) is 0 Å². The van der Waals surface area contributed by atoms with Crippen molar-refractivity contribution in [2.45, 2.75) is 31.2 Å². The summed E-state index contributed by atoms with van der Waals surface area (Å²) in [6.07, 6.45) is -4.07. The van der Waals surface area contributed by atoms with Gasteiger partial charge in [-0.2, -0.15) is 13.2 Å². The molecule has 0 saturated carbocycles. The maximum Gasteiger partial charge on any atom is 0.433 e. The van der Waals surface area contributed by atoms with Crippen LogP contribution in [0.1, 0.15) is 27.2 Å². The lowest BCUT2D eigenvalue weighted by Gasteiger charge is -2.48. The van der Waals surface area contributed by atoms with Gasteiger partial charge in [0, 0.05) is 41.7 Å². The van der Waals surface area contributed by atoms with E-state index in [9.17, 15) is 23.1 Å². The number of pyridine rings is 1. The van der Waals surface area contributed by atoms with Crippen LogP contribution in [0, 0.1) is 12.7 Å². The van der Waals surface area contributed by atoms with Crippen molar-refractivity contribution in [3.8, 4) is 11.1 Å². The number of hydrogen-bond donors (Lipinski definition) is 2. The fourth-order valence-corrected chi connectivity index (χ4v) is 5.04. The molecule has 0 bridgehead atoms. The molecule has 3 heterocycles. The standard InChI is InChI=1S/C27H24F5N3O3/c1-15-2-3-18(34-25(37)16-4-5-33-23(10-16)27(30,31)32)11-19(15)17-8-21(28)20-12-26(29,14-36)24-13-38-7-6-35(24)22(20)9-17/h2-5,8-11,24,36H,6-7,12-14H2,1H3,(H,34,37)/t24-,26+/m0/s1. The molecule has 2 atom stereocenters. The average molecular weight is 533 g/mol. The Morgan fingerprint density at radius 2 is 2.03 bits per heavy atom. The van der Waals surface area contributed by atoms with Crippen molar-refractivity contribution in [3.63, 3.8) is 0 Å². The first kappa shape index (κ1) is 26.1. The maximum atomic E-state index is 15.5. The molecule has 3 aromatic rings. The van der Waals surface area contributed by atoms with Gasteiger partial charge in [-0.3, -0.25) is 9.78 Å². The maximum absolute atomic E-state index is 15.5. The Morgan fingerprint density at radius 3 is 2.76 bits per heavy atom. The summed E-state index contributed by atoms with van der Waals surface area (Å²) >= 11 is 0. The molecule has 200 valence electrons. The molecule has 0 unspecified atom stereocenters. The van der Waals surface area contributed by atoms with Crippen LogP contribution in [0.2, 0.25) is 0 Å². The van der Waals surface area contributed by atoms with E-state index in [1.807, 2.05) is 0 Å². The SMILES string of the molecule is Cc1ccc(NC(=O)c2ccnc(C(F)(F)F)c2)cc1-c1cc(F)c2c(c1)N1CCOC[C@H]1[C@](F)(CO)C2. The summed E-state index contributed by atoms with van der Waals surface area (Å²) in [5.74, 6) is -1.38.